The van der Waals surface area contributed by atoms with Crippen LogP contribution in [-0.4, -0.2) is 59.1 Å². The van der Waals surface area contributed by atoms with Gasteiger partial charge in [-0.2, -0.15) is 0 Å². The van der Waals surface area contributed by atoms with E-state index >= 15 is 0 Å². The van der Waals surface area contributed by atoms with E-state index in [1.165, 1.54) is 5.56 Å². The Morgan fingerprint density at radius 3 is 2.56 bits per heavy atom. The van der Waals surface area contributed by atoms with Crippen LogP contribution in [0.15, 0.2) is 24.3 Å². The molecule has 1 aliphatic heterocycles. The van der Waals surface area contributed by atoms with Crippen molar-refractivity contribution in [3.05, 3.63) is 34.9 Å². The summed E-state index contributed by atoms with van der Waals surface area (Å²) in [5.41, 5.74) is 1.29. The number of piperidine rings is 1. The van der Waals surface area contributed by atoms with Crippen LogP contribution in [-0.2, 0) is 11.2 Å². The van der Waals surface area contributed by atoms with Crippen LogP contribution in [0.3, 0.4) is 0 Å². The molecular formula is C20H31ClN2O2. The molecule has 1 atom stereocenters. The van der Waals surface area contributed by atoms with Gasteiger partial charge in [0.2, 0.25) is 5.91 Å². The number of hydrogen-bond donors (Lipinski definition) is 1. The Balaban J connectivity index is 1.73. The fourth-order valence-electron chi connectivity index (χ4n) is 3.49. The number of nitrogens with zero attached hydrogens (tertiary/aromatic N) is 2. The standard InChI is InChI=1S/C20H31ClN2O2/c1-3-22(16(2)15-17-6-8-18(21)9-7-17)12-4-5-20(25)23-13-10-19(24)11-14-23/h6-9,16,19,24H,3-5,10-15H2,1-2H3. The first-order chi connectivity index (χ1) is 12.0. The van der Waals surface area contributed by atoms with E-state index < -0.39 is 0 Å². The zero-order chi connectivity index (χ0) is 18.2. The monoisotopic (exact) mass is 366 g/mol. The molecule has 1 aliphatic rings. The number of rotatable bonds is 8. The van der Waals surface area contributed by atoms with E-state index in [1.807, 2.05) is 17.0 Å². The fraction of sp³-hybridized carbons (Fsp3) is 0.650. The van der Waals surface area contributed by atoms with Gasteiger partial charge in [0.25, 0.3) is 0 Å². The van der Waals surface area contributed by atoms with Crippen LogP contribution < -0.4 is 0 Å². The number of carbonyl (C=O) groups excluding carboxylic acids is 1. The molecule has 0 spiro atoms. The number of benzene rings is 1. The van der Waals surface area contributed by atoms with Gasteiger partial charge in [-0.05, 0) is 63.4 Å². The van der Waals surface area contributed by atoms with Crippen LogP contribution in [0.25, 0.3) is 0 Å². The second-order valence-electron chi connectivity index (χ2n) is 7.02. The van der Waals surface area contributed by atoms with Crippen molar-refractivity contribution in [1.82, 2.24) is 9.80 Å². The topological polar surface area (TPSA) is 43.8 Å². The minimum atomic E-state index is -0.228. The van der Waals surface area contributed by atoms with Crippen molar-refractivity contribution in [1.29, 1.82) is 0 Å². The highest BCUT2D eigenvalue weighted by molar-refractivity contribution is 6.30. The van der Waals surface area contributed by atoms with Gasteiger partial charge in [-0.25, -0.2) is 0 Å². The molecule has 1 aromatic carbocycles. The summed E-state index contributed by atoms with van der Waals surface area (Å²) < 4.78 is 0. The molecule has 0 radical (unpaired) electrons. The zero-order valence-electron chi connectivity index (χ0n) is 15.5. The molecule has 4 nitrogen and oxygen atoms in total. The number of likely N-dealkylation sites (N-methyl/N-ethyl adjacent to an activating group) is 1. The molecule has 0 aromatic heterocycles. The number of carbonyl (C=O) groups is 1. The second-order valence-corrected chi connectivity index (χ2v) is 7.46. The van der Waals surface area contributed by atoms with E-state index in [1.54, 1.807) is 0 Å². The Hall–Kier alpha value is -1.10. The Morgan fingerprint density at radius 2 is 1.96 bits per heavy atom. The van der Waals surface area contributed by atoms with E-state index in [4.69, 9.17) is 11.6 Å². The smallest absolute Gasteiger partial charge is 0.222 e. The first kappa shape index (κ1) is 20.2. The van der Waals surface area contributed by atoms with Crippen molar-refractivity contribution in [2.75, 3.05) is 26.2 Å². The molecule has 1 fully saturated rings. The number of likely N-dealkylation sites (tertiary alicyclic amines) is 1. The SMILES string of the molecule is CCN(CCCC(=O)N1CCC(O)CC1)C(C)Cc1ccc(Cl)cc1. The summed E-state index contributed by atoms with van der Waals surface area (Å²) in [6.45, 7) is 7.74. The van der Waals surface area contributed by atoms with E-state index in [9.17, 15) is 9.90 Å². The van der Waals surface area contributed by atoms with Crippen LogP contribution >= 0.6 is 11.6 Å². The van der Waals surface area contributed by atoms with Crippen molar-refractivity contribution >= 4 is 17.5 Å². The van der Waals surface area contributed by atoms with Crippen LogP contribution in [0.4, 0.5) is 0 Å². The minimum absolute atomic E-state index is 0.228. The van der Waals surface area contributed by atoms with Crippen molar-refractivity contribution in [3.63, 3.8) is 0 Å². The van der Waals surface area contributed by atoms with Crippen LogP contribution in [0.2, 0.25) is 5.02 Å². The van der Waals surface area contributed by atoms with Gasteiger partial charge in [0, 0.05) is 30.6 Å². The molecule has 0 bridgehead atoms. The van der Waals surface area contributed by atoms with Gasteiger partial charge in [0.05, 0.1) is 6.10 Å². The van der Waals surface area contributed by atoms with Crippen molar-refractivity contribution in [3.8, 4) is 0 Å². The molecule has 1 amide bonds. The molecule has 5 heteroatoms. The lowest BCUT2D eigenvalue weighted by molar-refractivity contribution is -0.133. The molecule has 25 heavy (non-hydrogen) atoms. The third kappa shape index (κ3) is 6.61. The summed E-state index contributed by atoms with van der Waals surface area (Å²) in [4.78, 5) is 16.6. The van der Waals surface area contributed by atoms with E-state index in [2.05, 4.69) is 30.9 Å². The molecule has 140 valence electrons. The lowest BCUT2D eigenvalue weighted by atomic mass is 10.1. The Labute approximate surface area is 156 Å². The van der Waals surface area contributed by atoms with Crippen LogP contribution in [0.5, 0.6) is 0 Å². The van der Waals surface area contributed by atoms with Crippen LogP contribution in [0.1, 0.15) is 45.1 Å². The highest BCUT2D eigenvalue weighted by Gasteiger charge is 2.21. The summed E-state index contributed by atoms with van der Waals surface area (Å²) in [7, 11) is 0. The largest absolute Gasteiger partial charge is 0.393 e. The summed E-state index contributed by atoms with van der Waals surface area (Å²) >= 11 is 5.95. The van der Waals surface area contributed by atoms with Crippen molar-refractivity contribution in [2.24, 2.45) is 0 Å². The maximum absolute atomic E-state index is 12.3. The lowest BCUT2D eigenvalue weighted by Crippen LogP contribution is -2.40. The zero-order valence-corrected chi connectivity index (χ0v) is 16.2. The van der Waals surface area contributed by atoms with Gasteiger partial charge in [0.15, 0.2) is 0 Å². The van der Waals surface area contributed by atoms with Gasteiger partial charge in [-0.3, -0.25) is 4.79 Å². The van der Waals surface area contributed by atoms with E-state index in [-0.39, 0.29) is 12.0 Å². The number of aliphatic hydroxyl groups excluding tert-OH is 1. The van der Waals surface area contributed by atoms with E-state index in [0.29, 0.717) is 38.4 Å². The molecule has 0 aliphatic carbocycles. The minimum Gasteiger partial charge on any atom is -0.393 e. The molecular weight excluding hydrogens is 336 g/mol. The van der Waals surface area contributed by atoms with Gasteiger partial charge in [-0.1, -0.05) is 30.7 Å². The number of amides is 1. The maximum atomic E-state index is 12.3. The molecule has 1 N–H and O–H groups in total. The van der Waals surface area contributed by atoms with Gasteiger partial charge >= 0.3 is 0 Å². The van der Waals surface area contributed by atoms with Gasteiger partial charge in [-0.15, -0.1) is 0 Å². The predicted molar refractivity (Wildman–Crippen MR) is 103 cm³/mol. The van der Waals surface area contributed by atoms with Crippen molar-refractivity contribution in [2.45, 2.75) is 58.1 Å². The summed E-state index contributed by atoms with van der Waals surface area (Å²) in [6.07, 6.45) is 3.67. The molecule has 2 rings (SSSR count). The van der Waals surface area contributed by atoms with E-state index in [0.717, 1.165) is 31.0 Å². The molecule has 1 heterocycles. The van der Waals surface area contributed by atoms with Gasteiger partial charge in [0.1, 0.15) is 0 Å². The Kier molecular flexibility index (Phi) is 8.20. The molecule has 1 saturated heterocycles. The third-order valence-corrected chi connectivity index (χ3v) is 5.38. The molecule has 1 unspecified atom stereocenters. The molecule has 1 aromatic rings. The summed E-state index contributed by atoms with van der Waals surface area (Å²) in [6, 6.07) is 8.48. The lowest BCUT2D eigenvalue weighted by Gasteiger charge is -2.31. The van der Waals surface area contributed by atoms with Crippen LogP contribution in [0, 0.1) is 0 Å². The van der Waals surface area contributed by atoms with Crippen molar-refractivity contribution < 1.29 is 9.90 Å². The maximum Gasteiger partial charge on any atom is 0.222 e. The average molecular weight is 367 g/mol. The molecule has 0 saturated carbocycles. The first-order valence-corrected chi connectivity index (χ1v) is 9.81. The summed E-state index contributed by atoms with van der Waals surface area (Å²) in [5.74, 6) is 0.230. The Morgan fingerprint density at radius 1 is 1.32 bits per heavy atom. The second kappa shape index (κ2) is 10.1. The summed E-state index contributed by atoms with van der Waals surface area (Å²) in [5, 5.41) is 10.3. The Bertz CT molecular complexity index is 527. The highest BCUT2D eigenvalue weighted by atomic mass is 35.5. The number of hydrogen-bond acceptors (Lipinski definition) is 3. The fourth-order valence-corrected chi connectivity index (χ4v) is 3.61. The highest BCUT2D eigenvalue weighted by Crippen LogP contribution is 2.15. The predicted octanol–water partition coefficient (Wildman–Crippen LogP) is 3.36. The number of aliphatic hydroxyl groups is 1. The third-order valence-electron chi connectivity index (χ3n) is 5.13. The average Bonchev–Trinajstić information content (AvgIpc) is 2.61. The van der Waals surface area contributed by atoms with Gasteiger partial charge < -0.3 is 14.9 Å². The quantitative estimate of drug-likeness (QED) is 0.767. The normalized spacial score (nSPS) is 17.1. The number of halogens is 1. The first-order valence-electron chi connectivity index (χ1n) is 9.44.